The first-order chi connectivity index (χ1) is 22.5. The molecule has 1 aromatic carbocycles. The van der Waals surface area contributed by atoms with Gasteiger partial charge in [0.1, 0.15) is 29.9 Å². The second-order valence-electron chi connectivity index (χ2n) is 11.2. The lowest BCUT2D eigenvalue weighted by molar-refractivity contribution is -0.158. The Balaban J connectivity index is 1.55. The summed E-state index contributed by atoms with van der Waals surface area (Å²) >= 11 is 0. The minimum Gasteiger partial charge on any atom is -0.493 e. The summed E-state index contributed by atoms with van der Waals surface area (Å²) < 4.78 is 60.8. The lowest BCUT2D eigenvalue weighted by Gasteiger charge is -2.30. The fourth-order valence-electron chi connectivity index (χ4n) is 5.10. The van der Waals surface area contributed by atoms with Crippen LogP contribution in [0.2, 0.25) is 0 Å². The van der Waals surface area contributed by atoms with Gasteiger partial charge in [-0.1, -0.05) is 26.3 Å². The molecule has 47 heavy (non-hydrogen) atoms. The lowest BCUT2D eigenvalue weighted by atomic mass is 9.86. The number of ether oxygens (including phenoxy) is 5. The van der Waals surface area contributed by atoms with Gasteiger partial charge < -0.3 is 33.4 Å². The van der Waals surface area contributed by atoms with Gasteiger partial charge in [0.05, 0.1) is 19.3 Å². The van der Waals surface area contributed by atoms with E-state index in [2.05, 4.69) is 10.3 Å². The number of carbonyl (C=O) groups excluding carboxylic acids is 4. The molecular formula is C33H36F2N2O10. The van der Waals surface area contributed by atoms with E-state index in [4.69, 9.17) is 28.1 Å². The van der Waals surface area contributed by atoms with E-state index in [1.165, 1.54) is 50.8 Å². The summed E-state index contributed by atoms with van der Waals surface area (Å²) in [6.07, 6.45) is 1.28. The normalized spacial score (nSPS) is 19.9. The molecular weight excluding hydrogens is 622 g/mol. The smallest absolute Gasteiger partial charge is 0.374 e. The third-order valence-corrected chi connectivity index (χ3v) is 7.53. The number of nitrogens with one attached hydrogen (secondary N) is 1. The first-order valence-corrected chi connectivity index (χ1v) is 15.0. The van der Waals surface area contributed by atoms with Gasteiger partial charge in [-0.3, -0.25) is 9.59 Å². The van der Waals surface area contributed by atoms with E-state index in [1.54, 1.807) is 13.8 Å². The largest absolute Gasteiger partial charge is 0.493 e. The molecule has 1 amide bonds. The highest BCUT2D eigenvalue weighted by Gasteiger charge is 2.38. The highest BCUT2D eigenvalue weighted by Crippen LogP contribution is 2.31. The van der Waals surface area contributed by atoms with E-state index in [0.717, 1.165) is 12.1 Å². The van der Waals surface area contributed by atoms with Gasteiger partial charge in [0.15, 0.2) is 17.2 Å². The number of cyclic esters (lactones) is 1. The van der Waals surface area contributed by atoms with Gasteiger partial charge in [0, 0.05) is 24.2 Å². The molecule has 252 valence electrons. The molecule has 0 spiro atoms. The molecule has 3 aromatic rings. The predicted molar refractivity (Wildman–Crippen MR) is 159 cm³/mol. The highest BCUT2D eigenvalue weighted by molar-refractivity contribution is 5.98. The monoisotopic (exact) mass is 658 g/mol. The van der Waals surface area contributed by atoms with Crippen LogP contribution in [0.3, 0.4) is 0 Å². The third kappa shape index (κ3) is 9.05. The van der Waals surface area contributed by atoms with Crippen molar-refractivity contribution in [2.75, 3.05) is 13.9 Å². The second kappa shape index (κ2) is 16.0. The van der Waals surface area contributed by atoms with Crippen LogP contribution in [-0.4, -0.2) is 61.0 Å². The van der Waals surface area contributed by atoms with Gasteiger partial charge in [0.25, 0.3) is 5.91 Å². The SMILES string of the molecule is COc1ccnc(C(=O)NC2CCCC(Cc3ccc(F)cc3F)C(OC(=O)c3ccco3)C(C)OC2=O)c1OCOC(=O)C(C)C. The van der Waals surface area contributed by atoms with Crippen molar-refractivity contribution in [3.63, 3.8) is 0 Å². The number of amides is 1. The number of pyridine rings is 1. The number of rotatable bonds is 11. The van der Waals surface area contributed by atoms with Gasteiger partial charge in [-0.15, -0.1) is 0 Å². The van der Waals surface area contributed by atoms with Crippen LogP contribution in [0.5, 0.6) is 11.5 Å². The maximum atomic E-state index is 14.7. The Bertz CT molecular complexity index is 1560. The number of carbonyl (C=O) groups is 4. The first-order valence-electron chi connectivity index (χ1n) is 15.0. The summed E-state index contributed by atoms with van der Waals surface area (Å²) in [5, 5.41) is 2.62. The van der Waals surface area contributed by atoms with Crippen LogP contribution < -0.4 is 14.8 Å². The minimum atomic E-state index is -1.16. The Morgan fingerprint density at radius 3 is 2.60 bits per heavy atom. The summed E-state index contributed by atoms with van der Waals surface area (Å²) in [7, 11) is 1.35. The van der Waals surface area contributed by atoms with Crippen LogP contribution in [-0.2, 0) is 30.2 Å². The summed E-state index contributed by atoms with van der Waals surface area (Å²) in [4.78, 5) is 55.7. The molecule has 0 radical (unpaired) electrons. The van der Waals surface area contributed by atoms with Crippen molar-refractivity contribution in [1.82, 2.24) is 10.3 Å². The van der Waals surface area contributed by atoms with Crippen LogP contribution in [0.15, 0.2) is 53.3 Å². The molecule has 4 atom stereocenters. The van der Waals surface area contributed by atoms with Crippen molar-refractivity contribution in [3.05, 3.63) is 77.5 Å². The van der Waals surface area contributed by atoms with E-state index in [9.17, 15) is 28.0 Å². The van der Waals surface area contributed by atoms with E-state index in [0.29, 0.717) is 12.8 Å². The van der Waals surface area contributed by atoms with Crippen LogP contribution in [0.25, 0.3) is 0 Å². The van der Waals surface area contributed by atoms with Gasteiger partial charge >= 0.3 is 17.9 Å². The van der Waals surface area contributed by atoms with Crippen molar-refractivity contribution in [3.8, 4) is 11.5 Å². The van der Waals surface area contributed by atoms with E-state index in [1.807, 2.05) is 0 Å². The molecule has 14 heteroatoms. The number of methoxy groups -OCH3 is 1. The van der Waals surface area contributed by atoms with Crippen molar-refractivity contribution in [1.29, 1.82) is 0 Å². The van der Waals surface area contributed by atoms with Crippen LogP contribution in [0.1, 0.15) is 66.6 Å². The van der Waals surface area contributed by atoms with Crippen molar-refractivity contribution in [2.24, 2.45) is 11.8 Å². The summed E-state index contributed by atoms with van der Waals surface area (Å²) in [6.45, 7) is 4.30. The fourth-order valence-corrected chi connectivity index (χ4v) is 5.10. The molecule has 3 heterocycles. The summed E-state index contributed by atoms with van der Waals surface area (Å²) in [5.41, 5.74) is -0.0469. The Morgan fingerprint density at radius 1 is 1.13 bits per heavy atom. The fraction of sp³-hybridized carbons (Fsp3) is 0.424. The Hall–Kier alpha value is -5.01. The summed E-state index contributed by atoms with van der Waals surface area (Å²) in [5.74, 6) is -5.48. The zero-order valence-electron chi connectivity index (χ0n) is 26.3. The molecule has 1 fully saturated rings. The minimum absolute atomic E-state index is 0.0386. The summed E-state index contributed by atoms with van der Waals surface area (Å²) in [6, 6.07) is 6.41. The van der Waals surface area contributed by atoms with Gasteiger partial charge in [-0.05, 0) is 49.9 Å². The molecule has 1 saturated heterocycles. The predicted octanol–water partition coefficient (Wildman–Crippen LogP) is 4.80. The van der Waals surface area contributed by atoms with Crippen molar-refractivity contribution < 1.29 is 56.1 Å². The van der Waals surface area contributed by atoms with Gasteiger partial charge in [-0.25, -0.2) is 23.4 Å². The number of hydrogen-bond acceptors (Lipinski definition) is 11. The van der Waals surface area contributed by atoms with Crippen LogP contribution in [0, 0.1) is 23.5 Å². The molecule has 1 aliphatic heterocycles. The van der Waals surface area contributed by atoms with E-state index in [-0.39, 0.29) is 41.4 Å². The van der Waals surface area contributed by atoms with E-state index >= 15 is 0 Å². The molecule has 2 aromatic heterocycles. The van der Waals surface area contributed by atoms with Crippen molar-refractivity contribution >= 4 is 23.8 Å². The van der Waals surface area contributed by atoms with Gasteiger partial charge in [-0.2, -0.15) is 0 Å². The lowest BCUT2D eigenvalue weighted by Crippen LogP contribution is -2.45. The Morgan fingerprint density at radius 2 is 1.91 bits per heavy atom. The van der Waals surface area contributed by atoms with Crippen molar-refractivity contribution in [2.45, 2.75) is 64.7 Å². The first kappa shape index (κ1) is 34.9. The average Bonchev–Trinajstić information content (AvgIpc) is 3.59. The van der Waals surface area contributed by atoms with Gasteiger partial charge in [0.2, 0.25) is 12.6 Å². The molecule has 12 nitrogen and oxygen atoms in total. The number of nitrogens with zero attached hydrogens (tertiary/aromatic N) is 1. The third-order valence-electron chi connectivity index (χ3n) is 7.53. The maximum Gasteiger partial charge on any atom is 0.374 e. The number of esters is 3. The molecule has 0 saturated carbocycles. The number of hydrogen-bond donors (Lipinski definition) is 1. The highest BCUT2D eigenvalue weighted by atomic mass is 19.1. The maximum absolute atomic E-state index is 14.7. The Labute approximate surface area is 269 Å². The van der Waals surface area contributed by atoms with E-state index < -0.39 is 72.3 Å². The average molecular weight is 659 g/mol. The topological polar surface area (TPSA) is 152 Å². The second-order valence-corrected chi connectivity index (χ2v) is 11.2. The number of halogens is 2. The Kier molecular flexibility index (Phi) is 11.9. The number of furan rings is 1. The van der Waals surface area contributed by atoms with Crippen LogP contribution in [0.4, 0.5) is 8.78 Å². The van der Waals surface area contributed by atoms with Crippen LogP contribution >= 0.6 is 0 Å². The molecule has 4 rings (SSSR count). The molecule has 4 unspecified atom stereocenters. The molecule has 0 bridgehead atoms. The zero-order chi connectivity index (χ0) is 34.1. The number of benzene rings is 1. The molecule has 1 aliphatic rings. The number of aromatic nitrogens is 1. The quantitative estimate of drug-likeness (QED) is 0.172. The molecule has 0 aliphatic carbocycles. The zero-order valence-corrected chi connectivity index (χ0v) is 26.3. The standard InChI is InChI=1S/C33H36F2N2O10/c1-18(2)31(39)45-17-44-29-25(42-4)12-13-36-27(29)30(38)37-24-8-5-7-21(15-20-10-11-22(34)16-23(20)35)28(19(3)46-32(24)40)47-33(41)26-9-6-14-43-26/h6,9-14,16,18-19,21,24,28H,5,7-8,15,17H2,1-4H3,(H,37,38). The molecule has 1 N–H and O–H groups in total.